The number of imidazole rings is 1. The first kappa shape index (κ1) is 14.3. The van der Waals surface area contributed by atoms with Crippen molar-refractivity contribution < 1.29 is 9.53 Å². The van der Waals surface area contributed by atoms with Gasteiger partial charge in [-0.2, -0.15) is 0 Å². The van der Waals surface area contributed by atoms with Gasteiger partial charge in [-0.1, -0.05) is 30.3 Å². The number of carbonyl (C=O) groups excluding carboxylic acids is 1. The van der Waals surface area contributed by atoms with Crippen LogP contribution in [0.3, 0.4) is 0 Å². The summed E-state index contributed by atoms with van der Waals surface area (Å²) in [5.41, 5.74) is 0.860. The number of ether oxygens (including phenoxy) is 1. The Hall–Kier alpha value is -2.14. The number of aromatic nitrogens is 2. The molecule has 0 spiro atoms. The molecule has 106 valence electrons. The topological polar surface area (TPSA) is 67.0 Å². The Balaban J connectivity index is 1.78. The summed E-state index contributed by atoms with van der Waals surface area (Å²) in [5, 5.41) is 2.89. The van der Waals surface area contributed by atoms with Crippen molar-refractivity contribution >= 4 is 5.91 Å². The zero-order chi connectivity index (χ0) is 14.2. The van der Waals surface area contributed by atoms with Gasteiger partial charge in [-0.25, -0.2) is 4.98 Å². The molecule has 0 aliphatic carbocycles. The first-order chi connectivity index (χ1) is 9.81. The first-order valence-electron chi connectivity index (χ1n) is 6.65. The van der Waals surface area contributed by atoms with Gasteiger partial charge < -0.3 is 15.0 Å². The van der Waals surface area contributed by atoms with Crippen LogP contribution in [0.4, 0.5) is 0 Å². The first-order valence-corrected chi connectivity index (χ1v) is 6.65. The normalized spacial score (nSPS) is 12.1. The highest BCUT2D eigenvalue weighted by molar-refractivity contribution is 5.82. The molecular weight excluding hydrogens is 254 g/mol. The highest BCUT2D eigenvalue weighted by atomic mass is 16.5. The number of nitrogens with zero attached hydrogens (tertiary/aromatic N) is 1. The zero-order valence-corrected chi connectivity index (χ0v) is 11.5. The van der Waals surface area contributed by atoms with Gasteiger partial charge in [-0.3, -0.25) is 4.79 Å². The lowest BCUT2D eigenvalue weighted by Crippen LogP contribution is -2.31. The number of hydrogen-bond acceptors (Lipinski definition) is 3. The standard InChI is InChI=1S/C15H19N3O2/c1-20-14(12-6-3-2-4-7-12)15(19)18-9-5-8-13-16-10-11-17-13/h2-4,6-7,10-11,14H,5,8-9H2,1H3,(H,16,17)(H,18,19). The molecule has 0 saturated carbocycles. The molecule has 0 saturated heterocycles. The van der Waals surface area contributed by atoms with E-state index in [0.717, 1.165) is 24.2 Å². The van der Waals surface area contributed by atoms with Crippen LogP contribution in [-0.2, 0) is 16.0 Å². The predicted molar refractivity (Wildman–Crippen MR) is 76.1 cm³/mol. The Bertz CT molecular complexity index is 511. The average Bonchev–Trinajstić information content (AvgIpc) is 2.99. The quantitative estimate of drug-likeness (QED) is 0.756. The Morgan fingerprint density at radius 3 is 2.85 bits per heavy atom. The molecule has 1 heterocycles. The minimum Gasteiger partial charge on any atom is -0.367 e. The average molecular weight is 273 g/mol. The number of benzene rings is 1. The molecular formula is C15H19N3O2. The van der Waals surface area contributed by atoms with E-state index >= 15 is 0 Å². The molecule has 2 aromatic rings. The number of carbonyl (C=O) groups is 1. The number of amides is 1. The van der Waals surface area contributed by atoms with Gasteiger partial charge in [0.15, 0.2) is 6.10 Å². The maximum absolute atomic E-state index is 12.1. The fourth-order valence-electron chi connectivity index (χ4n) is 2.02. The van der Waals surface area contributed by atoms with E-state index in [9.17, 15) is 4.79 Å². The maximum Gasteiger partial charge on any atom is 0.253 e. The van der Waals surface area contributed by atoms with Crippen molar-refractivity contribution in [1.29, 1.82) is 0 Å². The molecule has 1 amide bonds. The number of aromatic amines is 1. The highest BCUT2D eigenvalue weighted by Gasteiger charge is 2.18. The minimum absolute atomic E-state index is 0.113. The third-order valence-corrected chi connectivity index (χ3v) is 3.02. The van der Waals surface area contributed by atoms with Gasteiger partial charge in [0.1, 0.15) is 5.82 Å². The molecule has 1 aromatic carbocycles. The van der Waals surface area contributed by atoms with Crippen molar-refractivity contribution in [1.82, 2.24) is 15.3 Å². The van der Waals surface area contributed by atoms with Crippen molar-refractivity contribution in [3.63, 3.8) is 0 Å². The summed E-state index contributed by atoms with van der Waals surface area (Å²) in [7, 11) is 1.54. The molecule has 0 bridgehead atoms. The van der Waals surface area contributed by atoms with E-state index in [4.69, 9.17) is 4.74 Å². The third kappa shape index (κ3) is 3.93. The fraction of sp³-hybridized carbons (Fsp3) is 0.333. The summed E-state index contributed by atoms with van der Waals surface area (Å²) in [5.74, 6) is 0.823. The van der Waals surface area contributed by atoms with E-state index in [1.807, 2.05) is 30.3 Å². The van der Waals surface area contributed by atoms with E-state index < -0.39 is 6.10 Å². The van der Waals surface area contributed by atoms with Crippen LogP contribution in [0.5, 0.6) is 0 Å². The molecule has 2 rings (SSSR count). The lowest BCUT2D eigenvalue weighted by molar-refractivity contribution is -0.131. The van der Waals surface area contributed by atoms with Gasteiger partial charge in [0, 0.05) is 32.5 Å². The maximum atomic E-state index is 12.1. The van der Waals surface area contributed by atoms with Crippen LogP contribution in [-0.4, -0.2) is 29.5 Å². The Morgan fingerprint density at radius 1 is 1.40 bits per heavy atom. The molecule has 0 aliphatic rings. The van der Waals surface area contributed by atoms with Gasteiger partial charge in [0.25, 0.3) is 5.91 Å². The van der Waals surface area contributed by atoms with Crippen LogP contribution >= 0.6 is 0 Å². The zero-order valence-electron chi connectivity index (χ0n) is 11.5. The molecule has 0 radical (unpaired) electrons. The number of nitrogens with one attached hydrogen (secondary N) is 2. The van der Waals surface area contributed by atoms with Crippen LogP contribution < -0.4 is 5.32 Å². The molecule has 5 heteroatoms. The Kier molecular flexibility index (Phi) is 5.32. The molecule has 0 aliphatic heterocycles. The van der Waals surface area contributed by atoms with E-state index in [0.29, 0.717) is 6.54 Å². The van der Waals surface area contributed by atoms with Gasteiger partial charge in [-0.15, -0.1) is 0 Å². The smallest absolute Gasteiger partial charge is 0.253 e. The molecule has 0 fully saturated rings. The fourth-order valence-corrected chi connectivity index (χ4v) is 2.02. The summed E-state index contributed by atoms with van der Waals surface area (Å²) >= 11 is 0. The van der Waals surface area contributed by atoms with Crippen molar-refractivity contribution in [2.45, 2.75) is 18.9 Å². The summed E-state index contributed by atoms with van der Waals surface area (Å²) in [6, 6.07) is 9.47. The van der Waals surface area contributed by atoms with Crippen molar-refractivity contribution in [3.05, 3.63) is 54.1 Å². The van der Waals surface area contributed by atoms with Crippen LogP contribution in [0.1, 0.15) is 23.9 Å². The summed E-state index contributed by atoms with van der Waals surface area (Å²) in [4.78, 5) is 19.3. The van der Waals surface area contributed by atoms with Gasteiger partial charge in [0.05, 0.1) is 0 Å². The number of hydrogen-bond donors (Lipinski definition) is 2. The molecule has 1 unspecified atom stereocenters. The largest absolute Gasteiger partial charge is 0.367 e. The van der Waals surface area contributed by atoms with Crippen molar-refractivity contribution in [2.24, 2.45) is 0 Å². The van der Waals surface area contributed by atoms with Crippen molar-refractivity contribution in [2.75, 3.05) is 13.7 Å². The predicted octanol–water partition coefficient (Wildman–Crippen LogP) is 1.85. The van der Waals surface area contributed by atoms with E-state index in [1.165, 1.54) is 0 Å². The number of rotatable bonds is 7. The second-order valence-corrected chi connectivity index (χ2v) is 4.46. The van der Waals surface area contributed by atoms with Crippen molar-refractivity contribution in [3.8, 4) is 0 Å². The number of aryl methyl sites for hydroxylation is 1. The number of methoxy groups -OCH3 is 1. The van der Waals surface area contributed by atoms with Crippen LogP contribution in [0, 0.1) is 0 Å². The summed E-state index contributed by atoms with van der Waals surface area (Å²) < 4.78 is 5.27. The molecule has 2 N–H and O–H groups in total. The molecule has 5 nitrogen and oxygen atoms in total. The van der Waals surface area contributed by atoms with E-state index in [2.05, 4.69) is 15.3 Å². The van der Waals surface area contributed by atoms with Crippen LogP contribution in [0.25, 0.3) is 0 Å². The van der Waals surface area contributed by atoms with E-state index in [1.54, 1.807) is 19.5 Å². The van der Waals surface area contributed by atoms with Gasteiger partial charge in [-0.05, 0) is 12.0 Å². The SMILES string of the molecule is COC(C(=O)NCCCc1ncc[nH]1)c1ccccc1. The summed E-state index contributed by atoms with van der Waals surface area (Å²) in [6.45, 7) is 0.603. The highest BCUT2D eigenvalue weighted by Crippen LogP contribution is 2.15. The lowest BCUT2D eigenvalue weighted by Gasteiger charge is -2.15. The molecule has 1 atom stereocenters. The van der Waals surface area contributed by atoms with Crippen LogP contribution in [0.15, 0.2) is 42.7 Å². The number of H-pyrrole nitrogens is 1. The summed E-state index contributed by atoms with van der Waals surface area (Å²) in [6.07, 6.45) is 4.62. The third-order valence-electron chi connectivity index (χ3n) is 3.02. The second kappa shape index (κ2) is 7.45. The second-order valence-electron chi connectivity index (χ2n) is 4.46. The van der Waals surface area contributed by atoms with Crippen LogP contribution in [0.2, 0.25) is 0 Å². The Labute approximate surface area is 118 Å². The molecule has 20 heavy (non-hydrogen) atoms. The molecule has 1 aromatic heterocycles. The van der Waals surface area contributed by atoms with Gasteiger partial charge >= 0.3 is 0 Å². The lowest BCUT2D eigenvalue weighted by atomic mass is 10.1. The minimum atomic E-state index is -0.556. The van der Waals surface area contributed by atoms with Gasteiger partial charge in [0.2, 0.25) is 0 Å². The van der Waals surface area contributed by atoms with E-state index in [-0.39, 0.29) is 5.91 Å². The monoisotopic (exact) mass is 273 g/mol. The Morgan fingerprint density at radius 2 is 2.20 bits per heavy atom.